The highest BCUT2D eigenvalue weighted by molar-refractivity contribution is 5.88. The molecule has 0 bridgehead atoms. The van der Waals surface area contributed by atoms with E-state index in [1.165, 1.54) is 37.6 Å². The first-order chi connectivity index (χ1) is 20.6. The minimum Gasteiger partial charge on any atom is -0.496 e. The SMILES string of the molecule is COc1cc(OC2OC(CO)C(O)C(O)C2O)cc2occ(-c3ccc(OC4OC(CO)C(O)C(O)C4O)cc3)c(=O)c12. The van der Waals surface area contributed by atoms with E-state index in [9.17, 15) is 45.6 Å². The van der Waals surface area contributed by atoms with E-state index in [0.717, 1.165) is 0 Å². The number of fused-ring (bicyclic) bond motifs is 1. The zero-order valence-corrected chi connectivity index (χ0v) is 22.7. The van der Waals surface area contributed by atoms with Gasteiger partial charge in [0.25, 0.3) is 0 Å². The summed E-state index contributed by atoms with van der Waals surface area (Å²) in [5, 5.41) is 79.3. The van der Waals surface area contributed by atoms with Gasteiger partial charge in [-0.1, -0.05) is 12.1 Å². The second-order valence-electron chi connectivity index (χ2n) is 10.1. The van der Waals surface area contributed by atoms with Crippen LogP contribution in [-0.2, 0) is 9.47 Å². The highest BCUT2D eigenvalue weighted by Gasteiger charge is 2.46. The summed E-state index contributed by atoms with van der Waals surface area (Å²) < 4.78 is 33.1. The van der Waals surface area contributed by atoms with Crippen LogP contribution in [0.1, 0.15) is 0 Å². The average molecular weight is 609 g/mol. The summed E-state index contributed by atoms with van der Waals surface area (Å²) in [5.74, 6) is 0.306. The first-order valence-corrected chi connectivity index (χ1v) is 13.3. The van der Waals surface area contributed by atoms with Crippen LogP contribution in [0.15, 0.2) is 51.9 Å². The van der Waals surface area contributed by atoms with Crippen LogP contribution >= 0.6 is 0 Å². The van der Waals surface area contributed by atoms with Crippen LogP contribution < -0.4 is 19.6 Å². The Morgan fingerprint density at radius 2 is 1.26 bits per heavy atom. The quantitative estimate of drug-likeness (QED) is 0.136. The lowest BCUT2D eigenvalue weighted by atomic mass is 9.99. The Morgan fingerprint density at radius 3 is 1.77 bits per heavy atom. The van der Waals surface area contributed by atoms with Crippen molar-refractivity contribution >= 4 is 11.0 Å². The molecular formula is C28H32O15. The van der Waals surface area contributed by atoms with Crippen molar-refractivity contribution < 1.29 is 69.0 Å². The largest absolute Gasteiger partial charge is 0.496 e. The summed E-state index contributed by atoms with van der Waals surface area (Å²) >= 11 is 0. The highest BCUT2D eigenvalue weighted by atomic mass is 16.7. The maximum absolute atomic E-state index is 13.5. The Balaban J connectivity index is 1.37. The molecule has 5 rings (SSSR count). The molecule has 0 radical (unpaired) electrons. The molecule has 2 fully saturated rings. The number of ether oxygens (including phenoxy) is 5. The molecule has 3 heterocycles. The maximum atomic E-state index is 13.5. The van der Waals surface area contributed by atoms with E-state index in [-0.39, 0.29) is 33.8 Å². The van der Waals surface area contributed by atoms with Crippen LogP contribution in [0.2, 0.25) is 0 Å². The molecule has 15 nitrogen and oxygen atoms in total. The van der Waals surface area contributed by atoms with Crippen LogP contribution in [0.3, 0.4) is 0 Å². The average Bonchev–Trinajstić information content (AvgIpc) is 3.01. The lowest BCUT2D eigenvalue weighted by Gasteiger charge is -2.39. The molecule has 0 saturated carbocycles. The Labute approximate surface area is 243 Å². The van der Waals surface area contributed by atoms with Crippen LogP contribution in [-0.4, -0.2) is 123 Å². The molecule has 8 N–H and O–H groups in total. The summed E-state index contributed by atoms with van der Waals surface area (Å²) in [6.07, 6.45) is -13.5. The molecule has 0 aliphatic carbocycles. The minimum absolute atomic E-state index is 0.0410. The Hall–Kier alpha value is -3.35. The summed E-state index contributed by atoms with van der Waals surface area (Å²) in [6.45, 7) is -1.24. The lowest BCUT2D eigenvalue weighted by molar-refractivity contribution is -0.277. The van der Waals surface area contributed by atoms with E-state index in [1.54, 1.807) is 12.1 Å². The smallest absolute Gasteiger partial charge is 0.229 e. The second-order valence-corrected chi connectivity index (χ2v) is 10.1. The molecule has 10 unspecified atom stereocenters. The summed E-state index contributed by atoms with van der Waals surface area (Å²) in [5.41, 5.74) is 0.198. The zero-order chi connectivity index (χ0) is 31.0. The van der Waals surface area contributed by atoms with Gasteiger partial charge in [-0.15, -0.1) is 0 Å². The van der Waals surface area contributed by atoms with Gasteiger partial charge < -0.3 is 69.0 Å². The van der Waals surface area contributed by atoms with Crippen LogP contribution in [0.5, 0.6) is 17.2 Å². The van der Waals surface area contributed by atoms with Crippen LogP contribution in [0.25, 0.3) is 22.1 Å². The van der Waals surface area contributed by atoms with Gasteiger partial charge in [-0.25, -0.2) is 0 Å². The first-order valence-electron chi connectivity index (χ1n) is 13.3. The third-order valence-corrected chi connectivity index (χ3v) is 7.40. The molecule has 2 aromatic carbocycles. The standard InChI is InChI=1S/C28H32O15/c1-38-15-6-13(41-28-26(37)24(35)22(33)18(9-30)43-28)7-16-19(15)20(31)14(10-39-16)11-2-4-12(5-3-11)40-27-25(36)23(34)21(32)17(8-29)42-27/h2-7,10,17-18,21-30,32-37H,8-9H2,1H3. The van der Waals surface area contributed by atoms with E-state index < -0.39 is 80.1 Å². The Morgan fingerprint density at radius 1 is 0.721 bits per heavy atom. The van der Waals surface area contributed by atoms with Crippen molar-refractivity contribution in [3.63, 3.8) is 0 Å². The molecule has 10 atom stereocenters. The molecule has 15 heteroatoms. The maximum Gasteiger partial charge on any atom is 0.229 e. The third-order valence-electron chi connectivity index (χ3n) is 7.40. The number of hydrogen-bond donors (Lipinski definition) is 8. The summed E-state index contributed by atoms with van der Waals surface area (Å²) in [4.78, 5) is 13.5. The van der Waals surface area contributed by atoms with Gasteiger partial charge in [-0.3, -0.25) is 4.79 Å². The fourth-order valence-electron chi connectivity index (χ4n) is 4.93. The van der Waals surface area contributed by atoms with E-state index in [0.29, 0.717) is 5.56 Å². The van der Waals surface area contributed by atoms with Gasteiger partial charge in [0.05, 0.1) is 25.9 Å². The number of aliphatic hydroxyl groups is 8. The van der Waals surface area contributed by atoms with E-state index >= 15 is 0 Å². The zero-order valence-electron chi connectivity index (χ0n) is 22.7. The summed E-state index contributed by atoms with van der Waals surface area (Å²) in [6, 6.07) is 8.74. The molecule has 2 saturated heterocycles. The molecule has 234 valence electrons. The van der Waals surface area contributed by atoms with Crippen molar-refractivity contribution in [2.75, 3.05) is 20.3 Å². The van der Waals surface area contributed by atoms with Crippen molar-refractivity contribution in [1.29, 1.82) is 0 Å². The number of aliphatic hydroxyl groups excluding tert-OH is 8. The van der Waals surface area contributed by atoms with Crippen molar-refractivity contribution in [2.45, 2.75) is 61.4 Å². The van der Waals surface area contributed by atoms with E-state index in [1.807, 2.05) is 0 Å². The minimum atomic E-state index is -1.65. The molecular weight excluding hydrogens is 576 g/mol. The number of rotatable bonds is 8. The van der Waals surface area contributed by atoms with Crippen molar-refractivity contribution in [1.82, 2.24) is 0 Å². The number of methoxy groups -OCH3 is 1. The highest BCUT2D eigenvalue weighted by Crippen LogP contribution is 2.34. The molecule has 43 heavy (non-hydrogen) atoms. The van der Waals surface area contributed by atoms with Gasteiger partial charge in [-0.05, 0) is 17.7 Å². The predicted octanol–water partition coefficient (Wildman–Crippen LogP) is -2.17. The predicted molar refractivity (Wildman–Crippen MR) is 143 cm³/mol. The van der Waals surface area contributed by atoms with Gasteiger partial charge in [0.15, 0.2) is 0 Å². The van der Waals surface area contributed by atoms with Crippen molar-refractivity contribution in [2.24, 2.45) is 0 Å². The Bertz CT molecular complexity index is 1460. The fraction of sp³-hybridized carbons (Fsp3) is 0.464. The van der Waals surface area contributed by atoms with Crippen LogP contribution in [0, 0.1) is 0 Å². The topological polar surface area (TPSA) is 238 Å². The molecule has 0 amide bonds. The van der Waals surface area contributed by atoms with Crippen molar-refractivity contribution in [3.05, 3.63) is 52.9 Å². The lowest BCUT2D eigenvalue weighted by Crippen LogP contribution is -2.60. The molecule has 1 aromatic heterocycles. The fourth-order valence-corrected chi connectivity index (χ4v) is 4.93. The van der Waals surface area contributed by atoms with Gasteiger partial charge in [0.1, 0.15) is 83.3 Å². The first kappa shape index (κ1) is 31.1. The molecule has 2 aliphatic heterocycles. The molecule has 3 aromatic rings. The van der Waals surface area contributed by atoms with Gasteiger partial charge in [0, 0.05) is 12.1 Å². The monoisotopic (exact) mass is 608 g/mol. The summed E-state index contributed by atoms with van der Waals surface area (Å²) in [7, 11) is 1.32. The molecule has 2 aliphatic rings. The third kappa shape index (κ3) is 5.92. The second kappa shape index (κ2) is 12.7. The Kier molecular flexibility index (Phi) is 9.19. The van der Waals surface area contributed by atoms with Gasteiger partial charge >= 0.3 is 0 Å². The van der Waals surface area contributed by atoms with Crippen LogP contribution in [0.4, 0.5) is 0 Å². The number of hydrogen-bond acceptors (Lipinski definition) is 15. The van der Waals surface area contributed by atoms with Crippen molar-refractivity contribution in [3.8, 4) is 28.4 Å². The van der Waals surface area contributed by atoms with Gasteiger partial charge in [-0.2, -0.15) is 0 Å². The van der Waals surface area contributed by atoms with E-state index in [2.05, 4.69) is 0 Å². The molecule has 0 spiro atoms. The van der Waals surface area contributed by atoms with Gasteiger partial charge in [0.2, 0.25) is 18.0 Å². The van der Waals surface area contributed by atoms with E-state index in [4.69, 9.17) is 28.1 Å². The number of benzene rings is 2. The normalized spacial score (nSPS) is 32.9.